The van der Waals surface area contributed by atoms with Crippen LogP contribution >= 0.6 is 0 Å². The van der Waals surface area contributed by atoms with Gasteiger partial charge in [0.05, 0.1) is 0 Å². The zero-order chi connectivity index (χ0) is 11.9. The lowest BCUT2D eigenvalue weighted by molar-refractivity contribution is 0.312. The molecule has 0 aromatic heterocycles. The molecule has 102 valence electrons. The van der Waals surface area contributed by atoms with Gasteiger partial charge in [0, 0.05) is 37.8 Å². The summed E-state index contributed by atoms with van der Waals surface area (Å²) >= 11 is 0. The van der Waals surface area contributed by atoms with Crippen LogP contribution in [-0.4, -0.2) is 49.2 Å². The topological polar surface area (TPSA) is 27.3 Å². The number of hydrogen-bond donors (Lipinski definition) is 2. The molecular formula is C15H27N3. The number of nitrogens with zero attached hydrogens (tertiary/aromatic N) is 1. The first-order valence-corrected chi connectivity index (χ1v) is 8.11. The lowest BCUT2D eigenvalue weighted by Crippen LogP contribution is -2.43. The van der Waals surface area contributed by atoms with E-state index in [0.29, 0.717) is 0 Å². The van der Waals surface area contributed by atoms with E-state index in [4.69, 9.17) is 0 Å². The zero-order valence-electron chi connectivity index (χ0n) is 11.4. The maximum Gasteiger partial charge on any atom is 0.0224 e. The maximum absolute atomic E-state index is 3.84. The van der Waals surface area contributed by atoms with Crippen LogP contribution < -0.4 is 10.6 Å². The molecule has 0 radical (unpaired) electrons. The second-order valence-corrected chi connectivity index (χ2v) is 6.99. The largest absolute Gasteiger partial charge is 0.312 e. The molecule has 0 aromatic carbocycles. The number of fused-ring (bicyclic) bond motifs is 1. The van der Waals surface area contributed by atoms with Gasteiger partial charge in [-0.05, 0) is 50.5 Å². The van der Waals surface area contributed by atoms with Crippen molar-refractivity contribution in [2.45, 2.75) is 56.7 Å². The molecule has 4 fully saturated rings. The van der Waals surface area contributed by atoms with Gasteiger partial charge in [0.2, 0.25) is 0 Å². The predicted molar refractivity (Wildman–Crippen MR) is 73.6 cm³/mol. The third-order valence-corrected chi connectivity index (χ3v) is 5.79. The van der Waals surface area contributed by atoms with Gasteiger partial charge in [-0.25, -0.2) is 0 Å². The van der Waals surface area contributed by atoms with Crippen molar-refractivity contribution in [1.29, 1.82) is 0 Å². The van der Waals surface area contributed by atoms with Crippen molar-refractivity contribution in [3.8, 4) is 0 Å². The second-order valence-electron chi connectivity index (χ2n) is 6.99. The lowest BCUT2D eigenvalue weighted by Gasteiger charge is -2.22. The Balaban J connectivity index is 1.24. The average Bonchev–Trinajstić information content (AvgIpc) is 2.82. The number of nitrogens with one attached hydrogen (secondary N) is 2. The van der Waals surface area contributed by atoms with E-state index in [2.05, 4.69) is 15.5 Å². The molecule has 4 rings (SSSR count). The summed E-state index contributed by atoms with van der Waals surface area (Å²) in [5.74, 6) is 1.99. The fraction of sp³-hybridized carbons (Fsp3) is 1.00. The Morgan fingerprint density at radius 1 is 1.11 bits per heavy atom. The summed E-state index contributed by atoms with van der Waals surface area (Å²) in [6, 6.07) is 2.50. The van der Waals surface area contributed by atoms with Crippen molar-refractivity contribution in [1.82, 2.24) is 15.5 Å². The van der Waals surface area contributed by atoms with Gasteiger partial charge in [-0.3, -0.25) is 4.90 Å². The highest BCUT2D eigenvalue weighted by molar-refractivity contribution is 4.97. The van der Waals surface area contributed by atoms with Gasteiger partial charge in [-0.1, -0.05) is 6.42 Å². The summed E-state index contributed by atoms with van der Waals surface area (Å²) in [5, 5.41) is 7.60. The van der Waals surface area contributed by atoms with Crippen LogP contribution in [0, 0.1) is 11.8 Å². The zero-order valence-corrected chi connectivity index (χ0v) is 11.4. The predicted octanol–water partition coefficient (Wildman–Crippen LogP) is 1.20. The first-order chi connectivity index (χ1) is 8.90. The first kappa shape index (κ1) is 11.7. The summed E-state index contributed by atoms with van der Waals surface area (Å²) in [6.45, 7) is 5.15. The smallest absolute Gasteiger partial charge is 0.0224 e. The molecule has 18 heavy (non-hydrogen) atoms. The van der Waals surface area contributed by atoms with Gasteiger partial charge in [0.1, 0.15) is 0 Å². The summed E-state index contributed by atoms with van der Waals surface area (Å²) in [7, 11) is 0. The lowest BCUT2D eigenvalue weighted by atomic mass is 9.94. The molecule has 0 bridgehead atoms. The highest BCUT2D eigenvalue weighted by atomic mass is 15.2. The van der Waals surface area contributed by atoms with Gasteiger partial charge in [0.15, 0.2) is 0 Å². The van der Waals surface area contributed by atoms with E-state index in [-0.39, 0.29) is 0 Å². The third kappa shape index (κ3) is 2.21. The van der Waals surface area contributed by atoms with Crippen LogP contribution in [0.2, 0.25) is 0 Å². The molecule has 2 aliphatic carbocycles. The Kier molecular flexibility index (Phi) is 3.10. The van der Waals surface area contributed by atoms with Crippen LogP contribution in [0.15, 0.2) is 0 Å². The molecule has 3 heteroatoms. The van der Waals surface area contributed by atoms with E-state index < -0.39 is 0 Å². The molecule has 2 aliphatic heterocycles. The standard InChI is InChI=1S/C15H27N3/c1-2-11-8-17-15(14(11)3-1)9-16-12-6-7-18(10-12)13-4-5-13/h11-17H,1-10H2. The summed E-state index contributed by atoms with van der Waals surface area (Å²) in [4.78, 5) is 2.71. The Bertz CT molecular complexity index is 302. The molecule has 0 aromatic rings. The van der Waals surface area contributed by atoms with Crippen molar-refractivity contribution in [3.63, 3.8) is 0 Å². The maximum atomic E-state index is 3.84. The Morgan fingerprint density at radius 3 is 2.94 bits per heavy atom. The van der Waals surface area contributed by atoms with Gasteiger partial charge < -0.3 is 10.6 Å². The Hall–Kier alpha value is -0.120. The van der Waals surface area contributed by atoms with Crippen molar-refractivity contribution < 1.29 is 0 Å². The molecule has 2 saturated carbocycles. The van der Waals surface area contributed by atoms with Gasteiger partial charge >= 0.3 is 0 Å². The molecule has 2 saturated heterocycles. The van der Waals surface area contributed by atoms with E-state index in [9.17, 15) is 0 Å². The molecule has 0 amide bonds. The minimum atomic E-state index is 0.771. The van der Waals surface area contributed by atoms with E-state index in [1.807, 2.05) is 0 Å². The highest BCUT2D eigenvalue weighted by Gasteiger charge is 2.39. The summed E-state index contributed by atoms with van der Waals surface area (Å²) in [6.07, 6.45) is 8.72. The number of hydrogen-bond acceptors (Lipinski definition) is 3. The van der Waals surface area contributed by atoms with Crippen LogP contribution in [0.5, 0.6) is 0 Å². The van der Waals surface area contributed by atoms with E-state index in [0.717, 1.165) is 30.0 Å². The number of rotatable bonds is 4. The second kappa shape index (κ2) is 4.77. The van der Waals surface area contributed by atoms with E-state index in [1.54, 1.807) is 0 Å². The van der Waals surface area contributed by atoms with Crippen LogP contribution in [0.4, 0.5) is 0 Å². The highest BCUT2D eigenvalue weighted by Crippen LogP contribution is 2.37. The molecule has 2 N–H and O–H groups in total. The van der Waals surface area contributed by atoms with Crippen LogP contribution in [0.25, 0.3) is 0 Å². The molecule has 2 heterocycles. The molecule has 4 unspecified atom stereocenters. The van der Waals surface area contributed by atoms with Gasteiger partial charge in [-0.2, -0.15) is 0 Å². The summed E-state index contributed by atoms with van der Waals surface area (Å²) in [5.41, 5.74) is 0. The number of likely N-dealkylation sites (tertiary alicyclic amines) is 1. The minimum Gasteiger partial charge on any atom is -0.312 e. The Morgan fingerprint density at radius 2 is 2.06 bits per heavy atom. The van der Waals surface area contributed by atoms with Crippen molar-refractivity contribution in [2.24, 2.45) is 11.8 Å². The molecular weight excluding hydrogens is 222 g/mol. The van der Waals surface area contributed by atoms with Crippen LogP contribution in [0.3, 0.4) is 0 Å². The fourth-order valence-electron chi connectivity index (χ4n) is 4.55. The minimum absolute atomic E-state index is 0.771. The van der Waals surface area contributed by atoms with Crippen LogP contribution in [0.1, 0.15) is 38.5 Å². The van der Waals surface area contributed by atoms with Gasteiger partial charge in [0.25, 0.3) is 0 Å². The SMILES string of the molecule is C1CC2CNC(CNC3CCN(C4CC4)C3)C2C1. The molecule has 0 spiro atoms. The van der Waals surface area contributed by atoms with Crippen molar-refractivity contribution in [2.75, 3.05) is 26.2 Å². The first-order valence-electron chi connectivity index (χ1n) is 8.11. The molecule has 3 nitrogen and oxygen atoms in total. The third-order valence-electron chi connectivity index (χ3n) is 5.79. The van der Waals surface area contributed by atoms with E-state index in [1.165, 1.54) is 64.7 Å². The van der Waals surface area contributed by atoms with Crippen molar-refractivity contribution in [3.05, 3.63) is 0 Å². The van der Waals surface area contributed by atoms with E-state index >= 15 is 0 Å². The quantitative estimate of drug-likeness (QED) is 0.784. The van der Waals surface area contributed by atoms with Crippen molar-refractivity contribution >= 4 is 0 Å². The van der Waals surface area contributed by atoms with Gasteiger partial charge in [-0.15, -0.1) is 0 Å². The average molecular weight is 249 g/mol. The molecule has 4 aliphatic rings. The Labute approximate surface area is 111 Å². The van der Waals surface area contributed by atoms with Crippen LogP contribution in [-0.2, 0) is 0 Å². The summed E-state index contributed by atoms with van der Waals surface area (Å²) < 4.78 is 0. The fourth-order valence-corrected chi connectivity index (χ4v) is 4.55. The molecule has 4 atom stereocenters. The monoisotopic (exact) mass is 249 g/mol. The normalized spacial score (nSPS) is 44.7.